The Morgan fingerprint density at radius 3 is 2.55 bits per heavy atom. The van der Waals surface area contributed by atoms with Gasteiger partial charge in [-0.25, -0.2) is 15.0 Å². The van der Waals surface area contributed by atoms with Crippen molar-refractivity contribution in [3.8, 4) is 17.1 Å². The number of imidazole rings is 1. The summed E-state index contributed by atoms with van der Waals surface area (Å²) >= 11 is 0. The number of nitrogens with one attached hydrogen (secondary N) is 1. The largest absolute Gasteiger partial charge is 0.383 e. The molecule has 8 nitrogen and oxygen atoms in total. The lowest BCUT2D eigenvalue weighted by atomic mass is 10.0. The number of ketones is 1. The molecule has 33 heavy (non-hydrogen) atoms. The van der Waals surface area contributed by atoms with E-state index in [-0.39, 0.29) is 29.2 Å². The molecule has 5 rings (SSSR count). The van der Waals surface area contributed by atoms with Crippen molar-refractivity contribution in [2.75, 3.05) is 5.73 Å². The van der Waals surface area contributed by atoms with Gasteiger partial charge in [-0.2, -0.15) is 0 Å². The van der Waals surface area contributed by atoms with Crippen LogP contribution in [0.1, 0.15) is 44.8 Å². The maximum Gasteiger partial charge on any atom is 0.251 e. The van der Waals surface area contributed by atoms with Crippen LogP contribution in [-0.4, -0.2) is 37.3 Å². The van der Waals surface area contributed by atoms with E-state index in [4.69, 9.17) is 5.73 Å². The number of nitrogens with zero attached hydrogens (tertiary/aromatic N) is 4. The molecular formula is C25H22N6O2. The molecule has 8 heteroatoms. The lowest BCUT2D eigenvalue weighted by Gasteiger charge is -2.12. The molecule has 2 aromatic carbocycles. The Bertz CT molecular complexity index is 1360. The summed E-state index contributed by atoms with van der Waals surface area (Å²) in [4.78, 5) is 38.5. The van der Waals surface area contributed by atoms with Gasteiger partial charge < -0.3 is 11.1 Å². The average molecular weight is 438 g/mol. The number of hydrogen-bond acceptors (Lipinski definition) is 6. The molecule has 0 unspecified atom stereocenters. The van der Waals surface area contributed by atoms with Crippen LogP contribution in [0.4, 0.5) is 5.82 Å². The van der Waals surface area contributed by atoms with Gasteiger partial charge in [-0.1, -0.05) is 24.3 Å². The Morgan fingerprint density at radius 1 is 1.00 bits per heavy atom. The van der Waals surface area contributed by atoms with Gasteiger partial charge in [0.1, 0.15) is 12.1 Å². The van der Waals surface area contributed by atoms with Crippen LogP contribution in [-0.2, 0) is 0 Å². The highest BCUT2D eigenvalue weighted by Crippen LogP contribution is 2.25. The summed E-state index contributed by atoms with van der Waals surface area (Å²) in [7, 11) is 0. The van der Waals surface area contributed by atoms with Gasteiger partial charge in [0.05, 0.1) is 5.69 Å². The lowest BCUT2D eigenvalue weighted by Crippen LogP contribution is -2.25. The SMILES string of the molecule is Cc1ccc(C(=O)NC2CC2)cc1-n1cnc(C(=O)c2cccc(-c3ncccn3)c2)c1N. The van der Waals surface area contributed by atoms with E-state index in [0.29, 0.717) is 22.6 Å². The predicted molar refractivity (Wildman–Crippen MR) is 124 cm³/mol. The first kappa shape index (κ1) is 20.6. The number of rotatable bonds is 6. The van der Waals surface area contributed by atoms with Gasteiger partial charge in [0, 0.05) is 35.1 Å². The van der Waals surface area contributed by atoms with Gasteiger partial charge in [-0.05, 0) is 49.6 Å². The van der Waals surface area contributed by atoms with Crippen LogP contribution in [0.3, 0.4) is 0 Å². The van der Waals surface area contributed by atoms with E-state index in [1.165, 1.54) is 6.33 Å². The minimum absolute atomic E-state index is 0.117. The zero-order valence-electron chi connectivity index (χ0n) is 18.0. The highest BCUT2D eigenvalue weighted by molar-refractivity contribution is 6.11. The molecule has 2 aromatic heterocycles. The zero-order valence-corrected chi connectivity index (χ0v) is 18.0. The highest BCUT2D eigenvalue weighted by atomic mass is 16.1. The molecule has 0 bridgehead atoms. The second-order valence-electron chi connectivity index (χ2n) is 8.08. The lowest BCUT2D eigenvalue weighted by molar-refractivity contribution is 0.0950. The monoisotopic (exact) mass is 438 g/mol. The Kier molecular flexibility index (Phi) is 5.18. The molecule has 4 aromatic rings. The third-order valence-corrected chi connectivity index (χ3v) is 5.61. The first-order valence-corrected chi connectivity index (χ1v) is 10.7. The van der Waals surface area contributed by atoms with E-state index in [1.807, 2.05) is 19.1 Å². The maximum absolute atomic E-state index is 13.2. The van der Waals surface area contributed by atoms with E-state index >= 15 is 0 Å². The number of anilines is 1. The first-order chi connectivity index (χ1) is 16.0. The zero-order chi connectivity index (χ0) is 22.9. The van der Waals surface area contributed by atoms with Crippen LogP contribution in [0.2, 0.25) is 0 Å². The molecule has 164 valence electrons. The Morgan fingerprint density at radius 2 is 1.79 bits per heavy atom. The fourth-order valence-electron chi connectivity index (χ4n) is 3.62. The fourth-order valence-corrected chi connectivity index (χ4v) is 3.62. The van der Waals surface area contributed by atoms with Crippen LogP contribution in [0.5, 0.6) is 0 Å². The molecular weight excluding hydrogens is 416 g/mol. The number of amides is 1. The van der Waals surface area contributed by atoms with Gasteiger partial charge in [0.25, 0.3) is 5.91 Å². The molecule has 0 spiro atoms. The summed E-state index contributed by atoms with van der Waals surface area (Å²) < 4.78 is 1.64. The minimum atomic E-state index is -0.302. The van der Waals surface area contributed by atoms with Crippen LogP contribution in [0, 0.1) is 6.92 Å². The summed E-state index contributed by atoms with van der Waals surface area (Å²) in [5, 5.41) is 2.99. The molecule has 1 amide bonds. The summed E-state index contributed by atoms with van der Waals surface area (Å²) in [5.41, 5.74) is 9.82. The van der Waals surface area contributed by atoms with E-state index in [0.717, 1.165) is 24.0 Å². The minimum Gasteiger partial charge on any atom is -0.383 e. The summed E-state index contributed by atoms with van der Waals surface area (Å²) in [6.45, 7) is 1.92. The number of nitrogen functional groups attached to an aromatic ring is 1. The average Bonchev–Trinajstić information content (AvgIpc) is 3.58. The van der Waals surface area contributed by atoms with Crippen molar-refractivity contribution in [2.24, 2.45) is 0 Å². The normalized spacial score (nSPS) is 13.0. The second kappa shape index (κ2) is 8.31. The van der Waals surface area contributed by atoms with Crippen molar-refractivity contribution in [1.82, 2.24) is 24.8 Å². The first-order valence-electron chi connectivity index (χ1n) is 10.7. The number of aryl methyl sites for hydroxylation is 1. The molecule has 1 saturated carbocycles. The molecule has 3 N–H and O–H groups in total. The highest BCUT2D eigenvalue weighted by Gasteiger charge is 2.24. The Balaban J connectivity index is 1.46. The van der Waals surface area contributed by atoms with Gasteiger partial charge >= 0.3 is 0 Å². The van der Waals surface area contributed by atoms with Crippen LogP contribution >= 0.6 is 0 Å². The molecule has 1 aliphatic rings. The summed E-state index contributed by atoms with van der Waals surface area (Å²) in [6.07, 6.45) is 6.84. The molecule has 0 saturated heterocycles. The number of aromatic nitrogens is 4. The van der Waals surface area contributed by atoms with E-state index < -0.39 is 0 Å². The van der Waals surface area contributed by atoms with Crippen molar-refractivity contribution in [3.63, 3.8) is 0 Å². The third-order valence-electron chi connectivity index (χ3n) is 5.61. The molecule has 0 radical (unpaired) electrons. The number of carbonyl (C=O) groups is 2. The van der Waals surface area contributed by atoms with Crippen LogP contribution in [0.15, 0.2) is 67.3 Å². The molecule has 1 aliphatic carbocycles. The number of hydrogen-bond donors (Lipinski definition) is 2. The van der Waals surface area contributed by atoms with Crippen LogP contribution in [0.25, 0.3) is 17.1 Å². The van der Waals surface area contributed by atoms with E-state index in [1.54, 1.807) is 53.4 Å². The molecule has 0 atom stereocenters. The molecule has 2 heterocycles. The van der Waals surface area contributed by atoms with E-state index in [9.17, 15) is 9.59 Å². The smallest absolute Gasteiger partial charge is 0.251 e. The van der Waals surface area contributed by atoms with Gasteiger partial charge in [0.2, 0.25) is 5.78 Å². The van der Waals surface area contributed by atoms with Gasteiger partial charge in [0.15, 0.2) is 11.5 Å². The number of benzene rings is 2. The van der Waals surface area contributed by atoms with Crippen LogP contribution < -0.4 is 11.1 Å². The quantitative estimate of drug-likeness (QED) is 0.446. The Labute approximate surface area is 190 Å². The molecule has 0 aliphatic heterocycles. The number of nitrogens with two attached hydrogens (primary N) is 1. The fraction of sp³-hybridized carbons (Fsp3) is 0.160. The van der Waals surface area contributed by atoms with Crippen molar-refractivity contribution in [3.05, 3.63) is 89.6 Å². The Hall–Kier alpha value is -4.33. The molecule has 1 fully saturated rings. The second-order valence-corrected chi connectivity index (χ2v) is 8.08. The summed E-state index contributed by atoms with van der Waals surface area (Å²) in [6, 6.07) is 14.5. The van der Waals surface area contributed by atoms with Gasteiger partial charge in [-0.3, -0.25) is 14.2 Å². The standard InChI is InChI=1S/C25H22N6O2/c1-15-6-7-18(25(33)30-19-8-9-19)13-20(15)31-14-29-21(23(31)26)22(32)16-4-2-5-17(12-16)24-27-10-3-11-28-24/h2-7,10-14,19H,8-9,26H2,1H3,(H,30,33). The van der Waals surface area contributed by atoms with Crippen molar-refractivity contribution < 1.29 is 9.59 Å². The van der Waals surface area contributed by atoms with Crippen molar-refractivity contribution in [1.29, 1.82) is 0 Å². The van der Waals surface area contributed by atoms with Crippen molar-refractivity contribution in [2.45, 2.75) is 25.8 Å². The van der Waals surface area contributed by atoms with Crippen molar-refractivity contribution >= 4 is 17.5 Å². The third kappa shape index (κ3) is 4.10. The number of carbonyl (C=O) groups excluding carboxylic acids is 2. The van der Waals surface area contributed by atoms with E-state index in [2.05, 4.69) is 20.3 Å². The summed E-state index contributed by atoms with van der Waals surface area (Å²) in [5.74, 6) is 0.324. The van der Waals surface area contributed by atoms with Gasteiger partial charge in [-0.15, -0.1) is 0 Å². The predicted octanol–water partition coefficient (Wildman–Crippen LogP) is 3.34. The topological polar surface area (TPSA) is 116 Å². The maximum atomic E-state index is 13.2.